The molecule has 1 atom stereocenters. The summed E-state index contributed by atoms with van der Waals surface area (Å²) in [5, 5.41) is 9.66. The fraction of sp³-hybridized carbons (Fsp3) is 0.571. The zero-order chi connectivity index (χ0) is 12.7. The van der Waals surface area contributed by atoms with Gasteiger partial charge in [-0.15, -0.1) is 0 Å². The maximum Gasteiger partial charge on any atom is 0.161 e. The Hall–Kier alpha value is -1.22. The first-order valence-electron chi connectivity index (χ1n) is 5.84. The van der Waals surface area contributed by atoms with Crippen LogP contribution in [0.15, 0.2) is 18.2 Å². The minimum atomic E-state index is -0.119. The molecule has 3 heteroatoms. The normalized spacial score (nSPS) is 25.5. The Morgan fingerprint density at radius 1 is 1.18 bits per heavy atom. The van der Waals surface area contributed by atoms with Gasteiger partial charge in [0.05, 0.1) is 20.8 Å². The van der Waals surface area contributed by atoms with Crippen LogP contribution in [-0.2, 0) is 5.41 Å². The zero-order valence-electron chi connectivity index (χ0n) is 10.9. The summed E-state index contributed by atoms with van der Waals surface area (Å²) in [5.41, 5.74) is 1.16. The van der Waals surface area contributed by atoms with Gasteiger partial charge in [-0.25, -0.2) is 0 Å². The molecule has 1 saturated carbocycles. The maximum atomic E-state index is 9.66. The number of rotatable bonds is 4. The van der Waals surface area contributed by atoms with Crippen LogP contribution in [0.25, 0.3) is 0 Å². The van der Waals surface area contributed by atoms with Crippen molar-refractivity contribution in [1.29, 1.82) is 0 Å². The van der Waals surface area contributed by atoms with Gasteiger partial charge in [-0.05, 0) is 29.5 Å². The number of hydrogen-bond acceptors (Lipinski definition) is 3. The van der Waals surface area contributed by atoms with Crippen LogP contribution in [0.4, 0.5) is 0 Å². The van der Waals surface area contributed by atoms with Crippen LogP contribution in [0.1, 0.15) is 25.8 Å². The van der Waals surface area contributed by atoms with Gasteiger partial charge in [-0.1, -0.05) is 19.9 Å². The SMILES string of the molecule is COc1ccc(C2(CO)CC2(C)C)cc1OC. The van der Waals surface area contributed by atoms with E-state index in [2.05, 4.69) is 13.8 Å². The molecule has 3 nitrogen and oxygen atoms in total. The van der Waals surface area contributed by atoms with Gasteiger partial charge in [0.15, 0.2) is 11.5 Å². The summed E-state index contributed by atoms with van der Waals surface area (Å²) in [4.78, 5) is 0. The summed E-state index contributed by atoms with van der Waals surface area (Å²) in [6.45, 7) is 4.54. The van der Waals surface area contributed by atoms with Crippen LogP contribution in [0.2, 0.25) is 0 Å². The topological polar surface area (TPSA) is 38.7 Å². The van der Waals surface area contributed by atoms with Gasteiger partial charge in [0, 0.05) is 5.41 Å². The molecule has 0 bridgehead atoms. The summed E-state index contributed by atoms with van der Waals surface area (Å²) < 4.78 is 10.5. The summed E-state index contributed by atoms with van der Waals surface area (Å²) in [6, 6.07) is 5.90. The van der Waals surface area contributed by atoms with E-state index in [1.807, 2.05) is 18.2 Å². The van der Waals surface area contributed by atoms with E-state index in [0.717, 1.165) is 23.5 Å². The molecular formula is C14H20O3. The fourth-order valence-electron chi connectivity index (χ4n) is 2.70. The number of benzene rings is 1. The lowest BCUT2D eigenvalue weighted by Crippen LogP contribution is -2.19. The van der Waals surface area contributed by atoms with Gasteiger partial charge >= 0.3 is 0 Å². The van der Waals surface area contributed by atoms with E-state index in [4.69, 9.17) is 9.47 Å². The summed E-state index contributed by atoms with van der Waals surface area (Å²) in [5.74, 6) is 1.45. The van der Waals surface area contributed by atoms with Crippen molar-refractivity contribution in [3.05, 3.63) is 23.8 Å². The smallest absolute Gasteiger partial charge is 0.161 e. The average Bonchev–Trinajstić information content (AvgIpc) is 2.92. The third-order valence-electron chi connectivity index (χ3n) is 4.12. The van der Waals surface area contributed by atoms with Crippen LogP contribution in [0.5, 0.6) is 11.5 Å². The lowest BCUT2D eigenvalue weighted by molar-refractivity contribution is 0.231. The lowest BCUT2D eigenvalue weighted by Gasteiger charge is -2.20. The molecule has 94 valence electrons. The summed E-state index contributed by atoms with van der Waals surface area (Å²) in [6.07, 6.45) is 1.01. The Morgan fingerprint density at radius 3 is 2.18 bits per heavy atom. The van der Waals surface area contributed by atoms with E-state index >= 15 is 0 Å². The number of hydrogen-bond donors (Lipinski definition) is 1. The van der Waals surface area contributed by atoms with Crippen molar-refractivity contribution in [2.24, 2.45) is 5.41 Å². The first-order valence-corrected chi connectivity index (χ1v) is 5.84. The minimum absolute atomic E-state index is 0.119. The zero-order valence-corrected chi connectivity index (χ0v) is 10.9. The van der Waals surface area contributed by atoms with Gasteiger partial charge < -0.3 is 14.6 Å². The molecule has 2 rings (SSSR count). The second kappa shape index (κ2) is 3.91. The first-order chi connectivity index (χ1) is 8.00. The largest absolute Gasteiger partial charge is 0.493 e. The Morgan fingerprint density at radius 2 is 1.76 bits per heavy atom. The first kappa shape index (κ1) is 12.2. The van der Waals surface area contributed by atoms with Gasteiger partial charge in [-0.2, -0.15) is 0 Å². The van der Waals surface area contributed by atoms with E-state index < -0.39 is 0 Å². The number of ether oxygens (including phenoxy) is 2. The molecule has 0 aromatic heterocycles. The second-order valence-corrected chi connectivity index (χ2v) is 5.37. The third-order valence-corrected chi connectivity index (χ3v) is 4.12. The van der Waals surface area contributed by atoms with Crippen molar-refractivity contribution in [2.75, 3.05) is 20.8 Å². The molecule has 0 spiro atoms. The highest BCUT2D eigenvalue weighted by Crippen LogP contribution is 2.64. The minimum Gasteiger partial charge on any atom is -0.493 e. The molecule has 1 aromatic carbocycles. The highest BCUT2D eigenvalue weighted by molar-refractivity contribution is 5.48. The summed E-state index contributed by atoms with van der Waals surface area (Å²) in [7, 11) is 3.26. The molecule has 0 saturated heterocycles. The molecule has 17 heavy (non-hydrogen) atoms. The van der Waals surface area contributed by atoms with E-state index in [0.29, 0.717) is 0 Å². The van der Waals surface area contributed by atoms with Crippen LogP contribution in [-0.4, -0.2) is 25.9 Å². The molecule has 0 heterocycles. The fourth-order valence-corrected chi connectivity index (χ4v) is 2.70. The van der Waals surface area contributed by atoms with E-state index in [1.54, 1.807) is 14.2 Å². The quantitative estimate of drug-likeness (QED) is 0.872. The predicted molar refractivity (Wildman–Crippen MR) is 66.7 cm³/mol. The van der Waals surface area contributed by atoms with Crippen LogP contribution >= 0.6 is 0 Å². The van der Waals surface area contributed by atoms with Crippen molar-refractivity contribution in [3.63, 3.8) is 0 Å². The van der Waals surface area contributed by atoms with Crippen LogP contribution < -0.4 is 9.47 Å². The van der Waals surface area contributed by atoms with Crippen molar-refractivity contribution in [3.8, 4) is 11.5 Å². The second-order valence-electron chi connectivity index (χ2n) is 5.37. The molecule has 0 amide bonds. The van der Waals surface area contributed by atoms with Crippen LogP contribution in [0, 0.1) is 5.41 Å². The van der Waals surface area contributed by atoms with Crippen molar-refractivity contribution in [2.45, 2.75) is 25.7 Å². The van der Waals surface area contributed by atoms with Crippen molar-refractivity contribution in [1.82, 2.24) is 0 Å². The van der Waals surface area contributed by atoms with Gasteiger partial charge in [0.25, 0.3) is 0 Å². The molecular weight excluding hydrogens is 216 g/mol. The molecule has 1 aliphatic rings. The standard InChI is InChI=1S/C14H20O3/c1-13(2)8-14(13,9-15)10-5-6-11(16-3)12(7-10)17-4/h5-7,15H,8-9H2,1-4H3. The monoisotopic (exact) mass is 236 g/mol. The molecule has 1 fully saturated rings. The maximum absolute atomic E-state index is 9.66. The van der Waals surface area contributed by atoms with Crippen molar-refractivity contribution >= 4 is 0 Å². The molecule has 0 radical (unpaired) electrons. The Labute approximate surface area is 102 Å². The van der Waals surface area contributed by atoms with E-state index in [-0.39, 0.29) is 17.4 Å². The molecule has 1 aromatic rings. The number of aliphatic hydroxyl groups is 1. The molecule has 1 aliphatic carbocycles. The lowest BCUT2D eigenvalue weighted by atomic mass is 9.88. The molecule has 1 N–H and O–H groups in total. The third kappa shape index (κ3) is 1.69. The molecule has 1 unspecified atom stereocenters. The van der Waals surface area contributed by atoms with Crippen LogP contribution in [0.3, 0.4) is 0 Å². The summed E-state index contributed by atoms with van der Waals surface area (Å²) >= 11 is 0. The van der Waals surface area contributed by atoms with E-state index in [1.165, 1.54) is 0 Å². The Kier molecular flexibility index (Phi) is 2.82. The highest BCUT2D eigenvalue weighted by atomic mass is 16.5. The van der Waals surface area contributed by atoms with Gasteiger partial charge in [-0.3, -0.25) is 0 Å². The Bertz CT molecular complexity index is 425. The average molecular weight is 236 g/mol. The number of aliphatic hydroxyl groups excluding tert-OH is 1. The molecule has 0 aliphatic heterocycles. The highest BCUT2D eigenvalue weighted by Gasteiger charge is 2.61. The van der Waals surface area contributed by atoms with Gasteiger partial charge in [0.1, 0.15) is 0 Å². The van der Waals surface area contributed by atoms with Gasteiger partial charge in [0.2, 0.25) is 0 Å². The Balaban J connectivity index is 2.41. The van der Waals surface area contributed by atoms with Crippen molar-refractivity contribution < 1.29 is 14.6 Å². The van der Waals surface area contributed by atoms with E-state index in [9.17, 15) is 5.11 Å². The predicted octanol–water partition coefficient (Wildman–Crippen LogP) is 2.36. The number of methoxy groups -OCH3 is 2.